The van der Waals surface area contributed by atoms with Gasteiger partial charge in [0.2, 0.25) is 0 Å². The molecule has 0 atom stereocenters. The molecule has 0 saturated heterocycles. The SMILES string of the molecule is CC(C)CS(=O)(=O)S. The average molecular weight is 154 g/mol. The van der Waals surface area contributed by atoms with Crippen LogP contribution in [0.3, 0.4) is 0 Å². The second-order valence-corrected chi connectivity index (χ2v) is 5.31. The Morgan fingerprint density at radius 2 is 1.88 bits per heavy atom. The van der Waals surface area contributed by atoms with Crippen LogP contribution in [-0.2, 0) is 8.87 Å². The summed E-state index contributed by atoms with van der Waals surface area (Å²) in [7, 11) is -3.03. The molecular formula is C4H10O2S2. The van der Waals surface area contributed by atoms with Gasteiger partial charge in [-0.3, -0.25) is 0 Å². The van der Waals surface area contributed by atoms with Gasteiger partial charge in [0, 0.05) is 0 Å². The zero-order valence-corrected chi connectivity index (χ0v) is 6.67. The average Bonchev–Trinajstić information content (AvgIpc) is 1.21. The maximum absolute atomic E-state index is 10.3. The van der Waals surface area contributed by atoms with Gasteiger partial charge < -0.3 is 0 Å². The van der Waals surface area contributed by atoms with Crippen molar-refractivity contribution in [3.05, 3.63) is 0 Å². The molecule has 0 spiro atoms. The standard InChI is InChI=1S/C4H10O2S2/c1-4(2)3-8(5,6)7/h4H,3H2,1-2H3,(H,5,6,7). The van der Waals surface area contributed by atoms with Crippen molar-refractivity contribution in [1.82, 2.24) is 0 Å². The van der Waals surface area contributed by atoms with Gasteiger partial charge in [0.15, 0.2) is 8.87 Å². The second-order valence-electron chi connectivity index (χ2n) is 2.14. The van der Waals surface area contributed by atoms with E-state index in [9.17, 15) is 8.42 Å². The highest BCUT2D eigenvalue weighted by Crippen LogP contribution is 2.02. The summed E-state index contributed by atoms with van der Waals surface area (Å²) < 4.78 is 20.6. The smallest absolute Gasteiger partial charge is 0.198 e. The fourth-order valence-corrected chi connectivity index (χ4v) is 2.16. The van der Waals surface area contributed by atoms with E-state index in [2.05, 4.69) is 11.7 Å². The fourth-order valence-electron chi connectivity index (χ4n) is 0.421. The molecule has 0 rings (SSSR count). The normalized spacial score (nSPS) is 12.5. The van der Waals surface area contributed by atoms with Gasteiger partial charge in [-0.1, -0.05) is 13.8 Å². The van der Waals surface area contributed by atoms with Crippen molar-refractivity contribution in [2.75, 3.05) is 5.75 Å². The summed E-state index contributed by atoms with van der Waals surface area (Å²) in [4.78, 5) is 0. The number of thiol groups is 1. The van der Waals surface area contributed by atoms with Crippen LogP contribution in [-0.4, -0.2) is 14.2 Å². The maximum atomic E-state index is 10.3. The minimum absolute atomic E-state index is 0.163. The molecule has 4 heteroatoms. The lowest BCUT2D eigenvalue weighted by Gasteiger charge is -1.97. The van der Waals surface area contributed by atoms with E-state index in [1.165, 1.54) is 0 Å². The molecule has 0 aromatic carbocycles. The summed E-state index contributed by atoms with van der Waals surface area (Å²) in [6.07, 6.45) is 0. The molecule has 0 bridgehead atoms. The van der Waals surface area contributed by atoms with Gasteiger partial charge in [-0.25, -0.2) is 8.42 Å². The summed E-state index contributed by atoms with van der Waals surface area (Å²) in [5.41, 5.74) is 0. The zero-order valence-electron chi connectivity index (χ0n) is 4.96. The first kappa shape index (κ1) is 8.30. The molecule has 0 fully saturated rings. The molecule has 0 N–H and O–H groups in total. The van der Waals surface area contributed by atoms with Crippen molar-refractivity contribution in [2.24, 2.45) is 5.92 Å². The van der Waals surface area contributed by atoms with Crippen molar-refractivity contribution < 1.29 is 8.42 Å². The van der Waals surface area contributed by atoms with Crippen LogP contribution in [0.25, 0.3) is 0 Å². The summed E-state index contributed by atoms with van der Waals surface area (Å²) in [6.45, 7) is 3.68. The molecule has 0 saturated carbocycles. The summed E-state index contributed by atoms with van der Waals surface area (Å²) in [5.74, 6) is 0.341. The number of hydrogen-bond acceptors (Lipinski definition) is 2. The quantitative estimate of drug-likeness (QED) is 0.473. The zero-order chi connectivity index (χ0) is 6.78. The van der Waals surface area contributed by atoms with E-state index >= 15 is 0 Å². The molecule has 0 unspecified atom stereocenters. The number of hydrogen-bond donors (Lipinski definition) is 1. The summed E-state index contributed by atoms with van der Waals surface area (Å²) in [5, 5.41) is 0. The Balaban J connectivity index is 3.75. The minimum Gasteiger partial charge on any atom is -0.218 e. The van der Waals surface area contributed by atoms with Crippen LogP contribution in [0.4, 0.5) is 0 Å². The van der Waals surface area contributed by atoms with Gasteiger partial charge in [0.05, 0.1) is 5.75 Å². The molecule has 0 aromatic heterocycles. The Hall–Kier alpha value is 0.300. The van der Waals surface area contributed by atoms with Gasteiger partial charge in [-0.05, 0) is 17.6 Å². The lowest BCUT2D eigenvalue weighted by Crippen LogP contribution is -2.03. The minimum atomic E-state index is -3.03. The maximum Gasteiger partial charge on any atom is 0.198 e. The van der Waals surface area contributed by atoms with Crippen LogP contribution in [0, 0.1) is 5.92 Å². The fraction of sp³-hybridized carbons (Fsp3) is 1.00. The predicted molar refractivity (Wildman–Crippen MR) is 37.6 cm³/mol. The number of rotatable bonds is 2. The molecule has 8 heavy (non-hydrogen) atoms. The first-order valence-corrected chi connectivity index (χ1v) is 5.07. The lowest BCUT2D eigenvalue weighted by molar-refractivity contribution is 0.597. The third kappa shape index (κ3) is 6.30. The van der Waals surface area contributed by atoms with E-state index in [4.69, 9.17) is 0 Å². The van der Waals surface area contributed by atoms with E-state index in [1.807, 2.05) is 13.8 Å². The van der Waals surface area contributed by atoms with Crippen LogP contribution >= 0.6 is 11.7 Å². The molecule has 50 valence electrons. The van der Waals surface area contributed by atoms with Crippen molar-refractivity contribution in [2.45, 2.75) is 13.8 Å². The molecule has 0 aromatic rings. The highest BCUT2D eigenvalue weighted by Gasteiger charge is 2.04. The first-order valence-electron chi connectivity index (χ1n) is 2.37. The van der Waals surface area contributed by atoms with E-state index in [1.54, 1.807) is 0 Å². The van der Waals surface area contributed by atoms with Crippen LogP contribution in [0.2, 0.25) is 0 Å². The van der Waals surface area contributed by atoms with Gasteiger partial charge in [0.25, 0.3) is 0 Å². The lowest BCUT2D eigenvalue weighted by atomic mass is 10.3. The van der Waals surface area contributed by atoms with Crippen LogP contribution in [0.5, 0.6) is 0 Å². The Morgan fingerprint density at radius 1 is 1.50 bits per heavy atom. The van der Waals surface area contributed by atoms with Gasteiger partial charge in [0.1, 0.15) is 0 Å². The topological polar surface area (TPSA) is 34.1 Å². The molecule has 0 aliphatic heterocycles. The van der Waals surface area contributed by atoms with E-state index in [0.717, 1.165) is 0 Å². The molecule has 0 radical (unpaired) electrons. The first-order chi connectivity index (χ1) is 3.42. The summed E-state index contributed by atoms with van der Waals surface area (Å²) in [6, 6.07) is 0. The van der Waals surface area contributed by atoms with E-state index in [0.29, 0.717) is 0 Å². The van der Waals surface area contributed by atoms with Crippen LogP contribution in [0.1, 0.15) is 13.8 Å². The molecule has 0 aliphatic rings. The second kappa shape index (κ2) is 2.73. The molecule has 0 amide bonds. The van der Waals surface area contributed by atoms with Gasteiger partial charge >= 0.3 is 0 Å². The summed E-state index contributed by atoms with van der Waals surface area (Å²) >= 11 is 3.37. The molecule has 0 heterocycles. The van der Waals surface area contributed by atoms with Crippen LogP contribution < -0.4 is 0 Å². The van der Waals surface area contributed by atoms with Crippen molar-refractivity contribution in [3.8, 4) is 0 Å². The Bertz CT molecular complexity index is 145. The van der Waals surface area contributed by atoms with E-state index < -0.39 is 8.87 Å². The largest absolute Gasteiger partial charge is 0.218 e. The highest BCUT2D eigenvalue weighted by atomic mass is 33.1. The monoisotopic (exact) mass is 154 g/mol. The molecule has 0 aliphatic carbocycles. The Labute approximate surface area is 55.0 Å². The third-order valence-corrected chi connectivity index (χ3v) is 2.08. The van der Waals surface area contributed by atoms with Crippen molar-refractivity contribution in [1.29, 1.82) is 0 Å². The van der Waals surface area contributed by atoms with Gasteiger partial charge in [-0.2, -0.15) is 0 Å². The van der Waals surface area contributed by atoms with Gasteiger partial charge in [-0.15, -0.1) is 0 Å². The van der Waals surface area contributed by atoms with Crippen molar-refractivity contribution >= 4 is 20.5 Å². The van der Waals surface area contributed by atoms with Crippen LogP contribution in [0.15, 0.2) is 0 Å². The molecular weight excluding hydrogens is 144 g/mol. The Morgan fingerprint density at radius 3 is 1.88 bits per heavy atom. The highest BCUT2D eigenvalue weighted by molar-refractivity contribution is 8.63. The third-order valence-electron chi connectivity index (χ3n) is 0.544. The van der Waals surface area contributed by atoms with Crippen molar-refractivity contribution in [3.63, 3.8) is 0 Å². The predicted octanol–water partition coefficient (Wildman–Crippen LogP) is 0.902. The molecule has 2 nitrogen and oxygen atoms in total. The van der Waals surface area contributed by atoms with E-state index in [-0.39, 0.29) is 11.7 Å². The Kier molecular flexibility index (Phi) is 2.83.